The zero-order valence-corrected chi connectivity index (χ0v) is 11.8. The van der Waals surface area contributed by atoms with Crippen LogP contribution in [0.2, 0.25) is 0 Å². The minimum atomic E-state index is -0.102. The van der Waals surface area contributed by atoms with Crippen molar-refractivity contribution in [1.82, 2.24) is 5.32 Å². The van der Waals surface area contributed by atoms with Crippen molar-refractivity contribution in [3.63, 3.8) is 0 Å². The fourth-order valence-electron chi connectivity index (χ4n) is 3.31. The van der Waals surface area contributed by atoms with Gasteiger partial charge < -0.3 is 5.32 Å². The molecule has 1 unspecified atom stereocenters. The number of hydrogen-bond acceptors (Lipinski definition) is 1. The second kappa shape index (κ2) is 5.76. The highest BCUT2D eigenvalue weighted by molar-refractivity contribution is 5.34. The Balaban J connectivity index is 1.88. The highest BCUT2D eigenvalue weighted by atomic mass is 19.1. The second-order valence-electron chi connectivity index (χ2n) is 5.49. The molecule has 0 amide bonds. The fourth-order valence-corrected chi connectivity index (χ4v) is 3.31. The summed E-state index contributed by atoms with van der Waals surface area (Å²) >= 11 is 0. The molecule has 20 heavy (non-hydrogen) atoms. The summed E-state index contributed by atoms with van der Waals surface area (Å²) in [5.74, 6) is 0.332. The summed E-state index contributed by atoms with van der Waals surface area (Å²) in [7, 11) is 0. The molecule has 0 bridgehead atoms. The van der Waals surface area contributed by atoms with E-state index >= 15 is 0 Å². The first-order valence-corrected chi connectivity index (χ1v) is 7.34. The van der Waals surface area contributed by atoms with Crippen LogP contribution in [-0.4, -0.2) is 6.54 Å². The first kappa shape index (κ1) is 13.3. The lowest BCUT2D eigenvalue weighted by atomic mass is 9.90. The van der Waals surface area contributed by atoms with E-state index in [4.69, 9.17) is 0 Å². The third-order valence-electron chi connectivity index (χ3n) is 4.22. The van der Waals surface area contributed by atoms with Gasteiger partial charge in [-0.2, -0.15) is 0 Å². The zero-order chi connectivity index (χ0) is 13.9. The van der Waals surface area contributed by atoms with Crippen LogP contribution in [0.25, 0.3) is 0 Å². The van der Waals surface area contributed by atoms with Crippen molar-refractivity contribution in [1.29, 1.82) is 0 Å². The molecule has 2 aromatic carbocycles. The van der Waals surface area contributed by atoms with Crippen molar-refractivity contribution in [2.24, 2.45) is 5.92 Å². The normalized spacial score (nSPS) is 16.1. The molecule has 0 spiro atoms. The van der Waals surface area contributed by atoms with Gasteiger partial charge in [0.15, 0.2) is 0 Å². The molecule has 3 rings (SSSR count). The van der Waals surface area contributed by atoms with Gasteiger partial charge in [-0.15, -0.1) is 0 Å². The second-order valence-corrected chi connectivity index (χ2v) is 5.49. The summed E-state index contributed by atoms with van der Waals surface area (Å²) in [5.41, 5.74) is 3.63. The van der Waals surface area contributed by atoms with E-state index in [1.165, 1.54) is 11.1 Å². The Hall–Kier alpha value is -1.67. The minimum absolute atomic E-state index is 0.0913. The molecule has 2 aromatic rings. The van der Waals surface area contributed by atoms with Crippen LogP contribution >= 0.6 is 0 Å². The topological polar surface area (TPSA) is 12.0 Å². The molecule has 1 N–H and O–H groups in total. The first-order valence-electron chi connectivity index (χ1n) is 7.34. The van der Waals surface area contributed by atoms with Crippen molar-refractivity contribution in [3.8, 4) is 0 Å². The van der Waals surface area contributed by atoms with Crippen molar-refractivity contribution < 1.29 is 4.39 Å². The Labute approximate surface area is 119 Å². The van der Waals surface area contributed by atoms with Crippen LogP contribution in [0.15, 0.2) is 48.5 Å². The Kier molecular flexibility index (Phi) is 3.83. The predicted molar refractivity (Wildman–Crippen MR) is 80.2 cm³/mol. The lowest BCUT2D eigenvalue weighted by Gasteiger charge is -2.25. The average Bonchev–Trinajstić information content (AvgIpc) is 2.89. The van der Waals surface area contributed by atoms with Gasteiger partial charge >= 0.3 is 0 Å². The summed E-state index contributed by atoms with van der Waals surface area (Å²) in [4.78, 5) is 0. The van der Waals surface area contributed by atoms with Crippen LogP contribution in [-0.2, 0) is 12.8 Å². The Morgan fingerprint density at radius 1 is 1.05 bits per heavy atom. The monoisotopic (exact) mass is 269 g/mol. The maximum absolute atomic E-state index is 14.1. The van der Waals surface area contributed by atoms with E-state index in [0.717, 1.165) is 24.9 Å². The van der Waals surface area contributed by atoms with E-state index in [1.807, 2.05) is 12.1 Å². The van der Waals surface area contributed by atoms with Gasteiger partial charge in [-0.05, 0) is 42.5 Å². The Bertz CT molecular complexity index is 568. The number of nitrogens with one attached hydrogen (secondary N) is 1. The Morgan fingerprint density at radius 3 is 2.25 bits per heavy atom. The minimum Gasteiger partial charge on any atom is -0.310 e. The lowest BCUT2D eigenvalue weighted by Crippen LogP contribution is -2.29. The van der Waals surface area contributed by atoms with E-state index in [-0.39, 0.29) is 11.9 Å². The third kappa shape index (κ3) is 2.48. The van der Waals surface area contributed by atoms with E-state index in [9.17, 15) is 4.39 Å². The summed E-state index contributed by atoms with van der Waals surface area (Å²) in [5, 5.41) is 3.48. The summed E-state index contributed by atoms with van der Waals surface area (Å²) in [6.45, 7) is 2.93. The molecule has 0 fully saturated rings. The highest BCUT2D eigenvalue weighted by Gasteiger charge is 2.30. The van der Waals surface area contributed by atoms with Crippen LogP contribution in [0.4, 0.5) is 4.39 Å². The van der Waals surface area contributed by atoms with Crippen molar-refractivity contribution in [3.05, 3.63) is 71.0 Å². The van der Waals surface area contributed by atoms with Crippen molar-refractivity contribution >= 4 is 0 Å². The fraction of sp³-hybridized carbons (Fsp3) is 0.333. The van der Waals surface area contributed by atoms with Crippen molar-refractivity contribution in [2.75, 3.05) is 6.54 Å². The lowest BCUT2D eigenvalue weighted by molar-refractivity contribution is 0.369. The molecule has 0 saturated carbocycles. The zero-order valence-electron chi connectivity index (χ0n) is 11.8. The number of benzene rings is 2. The maximum atomic E-state index is 14.1. The smallest absolute Gasteiger partial charge is 0.127 e. The van der Waals surface area contributed by atoms with E-state index in [0.29, 0.717) is 5.92 Å². The Morgan fingerprint density at radius 2 is 1.65 bits per heavy atom. The van der Waals surface area contributed by atoms with E-state index in [2.05, 4.69) is 36.5 Å². The van der Waals surface area contributed by atoms with Crippen LogP contribution < -0.4 is 5.32 Å². The molecule has 0 aromatic heterocycles. The molecule has 104 valence electrons. The van der Waals surface area contributed by atoms with Crippen LogP contribution in [0.3, 0.4) is 0 Å². The molecule has 2 heteroatoms. The molecule has 0 aliphatic heterocycles. The number of hydrogen-bond donors (Lipinski definition) is 1. The molecule has 0 radical (unpaired) electrons. The molecule has 1 aliphatic carbocycles. The van der Waals surface area contributed by atoms with Gasteiger partial charge in [0, 0.05) is 11.6 Å². The van der Waals surface area contributed by atoms with E-state index in [1.54, 1.807) is 12.1 Å². The number of fused-ring (bicyclic) bond motifs is 1. The van der Waals surface area contributed by atoms with Crippen molar-refractivity contribution in [2.45, 2.75) is 25.8 Å². The van der Waals surface area contributed by atoms with Crippen LogP contribution in [0.5, 0.6) is 0 Å². The third-order valence-corrected chi connectivity index (χ3v) is 4.22. The molecule has 1 aliphatic rings. The molecule has 1 atom stereocenters. The summed E-state index contributed by atoms with van der Waals surface area (Å²) in [6.07, 6.45) is 2.06. The maximum Gasteiger partial charge on any atom is 0.127 e. The molecular formula is C18H20FN. The van der Waals surface area contributed by atoms with Gasteiger partial charge in [0.05, 0.1) is 0 Å². The number of rotatable bonds is 4. The van der Waals surface area contributed by atoms with Gasteiger partial charge in [0.2, 0.25) is 0 Å². The molecular weight excluding hydrogens is 249 g/mol. The predicted octanol–water partition coefficient (Wildman–Crippen LogP) is 3.89. The van der Waals surface area contributed by atoms with Gasteiger partial charge in [0.1, 0.15) is 5.82 Å². The highest BCUT2D eigenvalue weighted by Crippen LogP contribution is 2.35. The van der Waals surface area contributed by atoms with E-state index < -0.39 is 0 Å². The van der Waals surface area contributed by atoms with Gasteiger partial charge in [-0.25, -0.2) is 4.39 Å². The standard InChI is InChI=1S/C18H20FN/c1-2-20-18(16-9-5-6-10-17(16)19)15-11-13-7-3-4-8-14(13)12-15/h3-10,15,18,20H,2,11-12H2,1H3. The van der Waals surface area contributed by atoms with Crippen LogP contribution in [0, 0.1) is 11.7 Å². The SMILES string of the molecule is CCNC(c1ccccc1F)C1Cc2ccccc2C1. The number of halogens is 1. The largest absolute Gasteiger partial charge is 0.310 e. The summed E-state index contributed by atoms with van der Waals surface area (Å²) < 4.78 is 14.1. The van der Waals surface area contributed by atoms with Gasteiger partial charge in [0.25, 0.3) is 0 Å². The first-order chi connectivity index (χ1) is 9.79. The average molecular weight is 269 g/mol. The molecule has 1 nitrogen and oxygen atoms in total. The molecule has 0 saturated heterocycles. The van der Waals surface area contributed by atoms with Crippen LogP contribution in [0.1, 0.15) is 29.7 Å². The quantitative estimate of drug-likeness (QED) is 0.888. The molecule has 0 heterocycles. The van der Waals surface area contributed by atoms with Gasteiger partial charge in [-0.3, -0.25) is 0 Å². The van der Waals surface area contributed by atoms with Gasteiger partial charge in [-0.1, -0.05) is 49.4 Å². The summed E-state index contributed by atoms with van der Waals surface area (Å²) in [6, 6.07) is 15.8.